The molecule has 0 amide bonds. The molecule has 0 radical (unpaired) electrons. The van der Waals surface area contributed by atoms with Crippen LogP contribution in [0.4, 0.5) is 0 Å². The smallest absolute Gasteiger partial charge is 0.0669 e. The van der Waals surface area contributed by atoms with Gasteiger partial charge in [-0.05, 0) is 44.5 Å². The summed E-state index contributed by atoms with van der Waals surface area (Å²) in [4.78, 5) is 0. The van der Waals surface area contributed by atoms with Crippen LogP contribution in [-0.2, 0) is 6.54 Å². The van der Waals surface area contributed by atoms with Gasteiger partial charge in [-0.15, -0.1) is 0 Å². The Bertz CT molecular complexity index is 490. The summed E-state index contributed by atoms with van der Waals surface area (Å²) in [7, 11) is 0. The summed E-state index contributed by atoms with van der Waals surface area (Å²) in [6.45, 7) is 5.47. The van der Waals surface area contributed by atoms with Crippen molar-refractivity contribution in [3.8, 4) is 0 Å². The standard InChI is InChI=1S/C15H21ClN2/c1-2-9-17-10-3-4-11-18-12-8-13-6-5-7-14(16)15(13)18/h5-8,12,17H,2-4,9-11H2,1H3. The first-order valence-corrected chi connectivity index (χ1v) is 7.15. The van der Waals surface area contributed by atoms with E-state index >= 15 is 0 Å². The summed E-state index contributed by atoms with van der Waals surface area (Å²) in [5.74, 6) is 0. The number of unbranched alkanes of at least 4 members (excludes halogenated alkanes) is 1. The predicted molar refractivity (Wildman–Crippen MR) is 79.3 cm³/mol. The largest absolute Gasteiger partial charge is 0.346 e. The van der Waals surface area contributed by atoms with E-state index in [2.05, 4.69) is 35.1 Å². The molecule has 0 bridgehead atoms. The van der Waals surface area contributed by atoms with Gasteiger partial charge in [0.1, 0.15) is 0 Å². The highest BCUT2D eigenvalue weighted by molar-refractivity contribution is 6.35. The Morgan fingerprint density at radius 1 is 1.17 bits per heavy atom. The first-order chi connectivity index (χ1) is 8.83. The molecule has 2 rings (SSSR count). The molecule has 0 aliphatic heterocycles. The second-order valence-electron chi connectivity index (χ2n) is 4.64. The second kappa shape index (κ2) is 6.81. The third-order valence-corrected chi connectivity index (χ3v) is 3.47. The van der Waals surface area contributed by atoms with Crippen LogP contribution in [0.25, 0.3) is 10.9 Å². The molecule has 0 saturated carbocycles. The minimum absolute atomic E-state index is 0.849. The topological polar surface area (TPSA) is 17.0 Å². The molecule has 0 fully saturated rings. The number of para-hydroxylation sites is 1. The van der Waals surface area contributed by atoms with Gasteiger partial charge in [-0.1, -0.05) is 30.7 Å². The van der Waals surface area contributed by atoms with Crippen molar-refractivity contribution in [2.45, 2.75) is 32.7 Å². The molecule has 0 aliphatic carbocycles. The van der Waals surface area contributed by atoms with E-state index in [1.807, 2.05) is 12.1 Å². The number of hydrogen-bond acceptors (Lipinski definition) is 1. The quantitative estimate of drug-likeness (QED) is 0.746. The fraction of sp³-hybridized carbons (Fsp3) is 0.467. The summed E-state index contributed by atoms with van der Waals surface area (Å²) >= 11 is 6.25. The molecule has 18 heavy (non-hydrogen) atoms. The molecule has 1 heterocycles. The van der Waals surface area contributed by atoms with Gasteiger partial charge >= 0.3 is 0 Å². The van der Waals surface area contributed by atoms with E-state index < -0.39 is 0 Å². The SMILES string of the molecule is CCCNCCCCn1ccc2cccc(Cl)c21. The van der Waals surface area contributed by atoms with Gasteiger partial charge in [0.25, 0.3) is 0 Å². The Labute approximate surface area is 114 Å². The van der Waals surface area contributed by atoms with Crippen LogP contribution in [0.15, 0.2) is 30.5 Å². The highest BCUT2D eigenvalue weighted by Gasteiger charge is 2.04. The molecule has 0 saturated heterocycles. The normalized spacial score (nSPS) is 11.2. The van der Waals surface area contributed by atoms with Crippen molar-refractivity contribution in [2.75, 3.05) is 13.1 Å². The number of aryl methyl sites for hydroxylation is 1. The van der Waals surface area contributed by atoms with Crippen LogP contribution in [0, 0.1) is 0 Å². The molecule has 0 spiro atoms. The zero-order valence-electron chi connectivity index (χ0n) is 11.0. The van der Waals surface area contributed by atoms with E-state index in [1.54, 1.807) is 0 Å². The van der Waals surface area contributed by atoms with Crippen LogP contribution in [0.1, 0.15) is 26.2 Å². The lowest BCUT2D eigenvalue weighted by Crippen LogP contribution is -2.16. The van der Waals surface area contributed by atoms with Crippen LogP contribution in [-0.4, -0.2) is 17.7 Å². The van der Waals surface area contributed by atoms with Gasteiger partial charge < -0.3 is 9.88 Å². The maximum Gasteiger partial charge on any atom is 0.0669 e. The number of hydrogen-bond donors (Lipinski definition) is 1. The minimum atomic E-state index is 0.849. The second-order valence-corrected chi connectivity index (χ2v) is 5.05. The minimum Gasteiger partial charge on any atom is -0.346 e. The van der Waals surface area contributed by atoms with Crippen LogP contribution in [0.3, 0.4) is 0 Å². The van der Waals surface area contributed by atoms with Crippen molar-refractivity contribution >= 4 is 22.5 Å². The molecule has 1 aromatic carbocycles. The Morgan fingerprint density at radius 2 is 2.06 bits per heavy atom. The van der Waals surface area contributed by atoms with Crippen LogP contribution in [0.2, 0.25) is 5.02 Å². The van der Waals surface area contributed by atoms with Gasteiger partial charge in [0.15, 0.2) is 0 Å². The lowest BCUT2D eigenvalue weighted by Gasteiger charge is -2.07. The van der Waals surface area contributed by atoms with E-state index in [1.165, 1.54) is 30.2 Å². The third kappa shape index (κ3) is 3.27. The summed E-state index contributed by atoms with van der Waals surface area (Å²) in [5, 5.41) is 5.51. The fourth-order valence-corrected chi connectivity index (χ4v) is 2.52. The van der Waals surface area contributed by atoms with Crippen molar-refractivity contribution in [3.05, 3.63) is 35.5 Å². The Kier molecular flexibility index (Phi) is 5.09. The van der Waals surface area contributed by atoms with E-state index in [0.29, 0.717) is 0 Å². The van der Waals surface area contributed by atoms with Gasteiger partial charge in [-0.3, -0.25) is 0 Å². The van der Waals surface area contributed by atoms with E-state index in [9.17, 15) is 0 Å². The number of benzene rings is 1. The number of rotatable bonds is 7. The van der Waals surface area contributed by atoms with Crippen molar-refractivity contribution in [2.24, 2.45) is 0 Å². The van der Waals surface area contributed by atoms with Gasteiger partial charge in [-0.25, -0.2) is 0 Å². The van der Waals surface area contributed by atoms with Crippen LogP contribution >= 0.6 is 11.6 Å². The number of nitrogens with zero attached hydrogens (tertiary/aromatic N) is 1. The molecule has 3 heteroatoms. The maximum absolute atomic E-state index is 6.25. The van der Waals surface area contributed by atoms with Gasteiger partial charge in [0.2, 0.25) is 0 Å². The van der Waals surface area contributed by atoms with Gasteiger partial charge in [0, 0.05) is 18.1 Å². The first kappa shape index (κ1) is 13.4. The summed E-state index contributed by atoms with van der Waals surface area (Å²) in [6, 6.07) is 8.21. The highest BCUT2D eigenvalue weighted by Crippen LogP contribution is 2.24. The van der Waals surface area contributed by atoms with E-state index in [-0.39, 0.29) is 0 Å². The van der Waals surface area contributed by atoms with Crippen LogP contribution in [0.5, 0.6) is 0 Å². The van der Waals surface area contributed by atoms with Crippen LogP contribution < -0.4 is 5.32 Å². The Hall–Kier alpha value is -0.990. The molecule has 0 aliphatic rings. The summed E-state index contributed by atoms with van der Waals surface area (Å²) < 4.78 is 2.26. The summed E-state index contributed by atoms with van der Waals surface area (Å²) in [6.07, 6.45) is 5.74. The average molecular weight is 265 g/mol. The number of aromatic nitrogens is 1. The van der Waals surface area contributed by atoms with Gasteiger partial charge in [0.05, 0.1) is 10.5 Å². The molecule has 98 valence electrons. The lowest BCUT2D eigenvalue weighted by atomic mass is 10.2. The lowest BCUT2D eigenvalue weighted by molar-refractivity contribution is 0.575. The molecule has 2 aromatic rings. The molecule has 1 N–H and O–H groups in total. The summed E-state index contributed by atoms with van der Waals surface area (Å²) in [5.41, 5.74) is 1.17. The van der Waals surface area contributed by atoms with Crippen molar-refractivity contribution in [1.29, 1.82) is 0 Å². The molecular formula is C15H21ClN2. The van der Waals surface area contributed by atoms with E-state index in [4.69, 9.17) is 11.6 Å². The monoisotopic (exact) mass is 264 g/mol. The van der Waals surface area contributed by atoms with E-state index in [0.717, 1.165) is 24.7 Å². The maximum atomic E-state index is 6.25. The van der Waals surface area contributed by atoms with Crippen molar-refractivity contribution in [1.82, 2.24) is 9.88 Å². The molecule has 0 atom stereocenters. The zero-order valence-corrected chi connectivity index (χ0v) is 11.7. The highest BCUT2D eigenvalue weighted by atomic mass is 35.5. The van der Waals surface area contributed by atoms with Gasteiger partial charge in [-0.2, -0.15) is 0 Å². The fourth-order valence-electron chi connectivity index (χ4n) is 2.23. The Balaban J connectivity index is 1.88. The Morgan fingerprint density at radius 3 is 2.89 bits per heavy atom. The number of halogens is 1. The molecular weight excluding hydrogens is 244 g/mol. The molecule has 0 unspecified atom stereocenters. The predicted octanol–water partition coefficient (Wildman–Crippen LogP) is 4.07. The number of nitrogens with one attached hydrogen (secondary N) is 1. The average Bonchev–Trinajstić information content (AvgIpc) is 2.78. The number of fused-ring (bicyclic) bond motifs is 1. The third-order valence-electron chi connectivity index (χ3n) is 3.17. The van der Waals surface area contributed by atoms with Crippen molar-refractivity contribution in [3.63, 3.8) is 0 Å². The van der Waals surface area contributed by atoms with Crippen molar-refractivity contribution < 1.29 is 0 Å². The molecule has 2 nitrogen and oxygen atoms in total. The molecule has 1 aromatic heterocycles. The zero-order chi connectivity index (χ0) is 12.8. The first-order valence-electron chi connectivity index (χ1n) is 6.77.